The molecule has 1 N–H and O–H groups in total. The maximum Gasteiger partial charge on any atom is 0.155 e. The Kier molecular flexibility index (Phi) is 3.99. The minimum absolute atomic E-state index is 0.324. The van der Waals surface area contributed by atoms with Gasteiger partial charge in [0.15, 0.2) is 5.78 Å². The molecule has 0 bridgehead atoms. The Morgan fingerprint density at radius 3 is 2.62 bits per heavy atom. The number of fused-ring (bicyclic) bond motifs is 5. The van der Waals surface area contributed by atoms with E-state index in [-0.39, 0.29) is 0 Å². The molecule has 0 aromatic carbocycles. The number of hydrogen-bond donors (Lipinski definition) is 1. The summed E-state index contributed by atoms with van der Waals surface area (Å²) in [7, 11) is 2.13. The van der Waals surface area contributed by atoms with E-state index in [2.05, 4.69) is 33.1 Å². The first-order chi connectivity index (χ1) is 11.4. The van der Waals surface area contributed by atoms with Gasteiger partial charge in [0, 0.05) is 12.5 Å². The maximum atomic E-state index is 11.9. The molecule has 2 nitrogen and oxygen atoms in total. The van der Waals surface area contributed by atoms with Crippen molar-refractivity contribution < 1.29 is 4.79 Å². The van der Waals surface area contributed by atoms with Crippen molar-refractivity contribution in [2.24, 2.45) is 34.5 Å². The Bertz CT molecular complexity index is 566. The summed E-state index contributed by atoms with van der Waals surface area (Å²) in [5, 5.41) is 3.55. The van der Waals surface area contributed by atoms with Gasteiger partial charge < -0.3 is 5.32 Å². The van der Waals surface area contributed by atoms with Gasteiger partial charge in [-0.2, -0.15) is 0 Å². The van der Waals surface area contributed by atoms with E-state index in [9.17, 15) is 4.79 Å². The third-order valence-corrected chi connectivity index (χ3v) is 9.09. The zero-order valence-corrected chi connectivity index (χ0v) is 16.0. The minimum Gasteiger partial charge on any atom is -0.317 e. The number of carbonyl (C=O) groups is 1. The van der Waals surface area contributed by atoms with E-state index in [0.717, 1.165) is 36.5 Å². The van der Waals surface area contributed by atoms with Crippen LogP contribution in [0.1, 0.15) is 72.1 Å². The molecule has 3 fully saturated rings. The Hall–Kier alpha value is -0.630. The summed E-state index contributed by atoms with van der Waals surface area (Å²) in [6.45, 7) is 7.49. The second-order valence-corrected chi connectivity index (χ2v) is 9.77. The van der Waals surface area contributed by atoms with Crippen LogP contribution in [0.5, 0.6) is 0 Å². The molecule has 0 aromatic rings. The molecule has 134 valence electrons. The SMILES string of the molecule is CNC(C)[C@H]1CC[C@H]2[C@@H]3CCC4=CC(=O)CC[C@]4(C)[C@H]3CC[C@]12C. The van der Waals surface area contributed by atoms with Gasteiger partial charge in [-0.25, -0.2) is 0 Å². The van der Waals surface area contributed by atoms with Gasteiger partial charge in [0.25, 0.3) is 0 Å². The van der Waals surface area contributed by atoms with Crippen LogP contribution in [0, 0.1) is 34.5 Å². The van der Waals surface area contributed by atoms with Gasteiger partial charge in [0.05, 0.1) is 0 Å². The largest absolute Gasteiger partial charge is 0.317 e. The number of carbonyl (C=O) groups excluding carboxylic acids is 1. The zero-order valence-electron chi connectivity index (χ0n) is 16.0. The van der Waals surface area contributed by atoms with Crippen molar-refractivity contribution in [2.45, 2.75) is 78.2 Å². The number of ketones is 1. The molecule has 0 aromatic heterocycles. The van der Waals surface area contributed by atoms with Crippen LogP contribution in [0.15, 0.2) is 11.6 Å². The first-order valence-corrected chi connectivity index (χ1v) is 10.3. The van der Waals surface area contributed by atoms with Crippen molar-refractivity contribution in [3.63, 3.8) is 0 Å². The van der Waals surface area contributed by atoms with Gasteiger partial charge >= 0.3 is 0 Å². The highest BCUT2D eigenvalue weighted by Crippen LogP contribution is 2.66. The molecule has 0 spiro atoms. The summed E-state index contributed by atoms with van der Waals surface area (Å²) < 4.78 is 0. The van der Waals surface area contributed by atoms with Gasteiger partial charge in [-0.1, -0.05) is 19.4 Å². The smallest absolute Gasteiger partial charge is 0.155 e. The lowest BCUT2D eigenvalue weighted by molar-refractivity contribution is -0.117. The van der Waals surface area contributed by atoms with E-state index in [1.807, 2.05) is 6.08 Å². The third kappa shape index (κ3) is 2.21. The van der Waals surface area contributed by atoms with Crippen molar-refractivity contribution in [3.05, 3.63) is 11.6 Å². The number of nitrogens with one attached hydrogen (secondary N) is 1. The summed E-state index contributed by atoms with van der Waals surface area (Å²) in [6, 6.07) is 0.637. The van der Waals surface area contributed by atoms with Crippen molar-refractivity contribution in [3.8, 4) is 0 Å². The number of rotatable bonds is 2. The van der Waals surface area contributed by atoms with E-state index in [1.54, 1.807) is 0 Å². The second-order valence-electron chi connectivity index (χ2n) is 9.77. The van der Waals surface area contributed by atoms with Crippen molar-refractivity contribution in [1.82, 2.24) is 5.32 Å². The lowest BCUT2D eigenvalue weighted by Gasteiger charge is -2.58. The van der Waals surface area contributed by atoms with Gasteiger partial charge in [0.2, 0.25) is 0 Å². The summed E-state index contributed by atoms with van der Waals surface area (Å²) in [4.78, 5) is 11.9. The van der Waals surface area contributed by atoms with Crippen LogP contribution in [-0.4, -0.2) is 18.9 Å². The maximum absolute atomic E-state index is 11.9. The average Bonchev–Trinajstić information content (AvgIpc) is 2.92. The van der Waals surface area contributed by atoms with Crippen molar-refractivity contribution in [1.29, 1.82) is 0 Å². The topological polar surface area (TPSA) is 29.1 Å². The first kappa shape index (κ1) is 16.8. The molecular weight excluding hydrogens is 294 g/mol. The predicted octanol–water partition coefficient (Wildman–Crippen LogP) is 4.74. The minimum atomic E-state index is 0.324. The lowest BCUT2D eigenvalue weighted by Crippen LogP contribution is -2.52. The van der Waals surface area contributed by atoms with E-state index >= 15 is 0 Å². The van der Waals surface area contributed by atoms with Crippen LogP contribution in [0.4, 0.5) is 0 Å². The molecule has 0 saturated heterocycles. The predicted molar refractivity (Wildman–Crippen MR) is 98.7 cm³/mol. The van der Waals surface area contributed by atoms with E-state index in [1.165, 1.54) is 44.1 Å². The normalized spacial score (nSPS) is 49.0. The van der Waals surface area contributed by atoms with Crippen LogP contribution in [0.25, 0.3) is 0 Å². The molecule has 0 heterocycles. The molecule has 1 unspecified atom stereocenters. The van der Waals surface area contributed by atoms with Gasteiger partial charge in [-0.3, -0.25) is 4.79 Å². The molecule has 4 aliphatic carbocycles. The van der Waals surface area contributed by atoms with Gasteiger partial charge in [-0.05, 0) is 99.5 Å². The quantitative estimate of drug-likeness (QED) is 0.792. The second kappa shape index (κ2) is 5.69. The van der Waals surface area contributed by atoms with Crippen LogP contribution in [0.2, 0.25) is 0 Å². The van der Waals surface area contributed by atoms with E-state index in [0.29, 0.717) is 22.7 Å². The Balaban J connectivity index is 1.63. The van der Waals surface area contributed by atoms with Gasteiger partial charge in [-0.15, -0.1) is 0 Å². The fourth-order valence-corrected chi connectivity index (χ4v) is 7.62. The fourth-order valence-electron chi connectivity index (χ4n) is 7.62. The molecule has 3 saturated carbocycles. The van der Waals surface area contributed by atoms with E-state index in [4.69, 9.17) is 0 Å². The Morgan fingerprint density at radius 1 is 1.08 bits per heavy atom. The molecule has 2 heteroatoms. The summed E-state index contributed by atoms with van der Waals surface area (Å²) >= 11 is 0. The fraction of sp³-hybridized carbons (Fsp3) is 0.864. The molecule has 0 amide bonds. The van der Waals surface area contributed by atoms with E-state index < -0.39 is 0 Å². The summed E-state index contributed by atoms with van der Waals surface area (Å²) in [6.07, 6.45) is 12.1. The first-order valence-electron chi connectivity index (χ1n) is 10.3. The third-order valence-electron chi connectivity index (χ3n) is 9.09. The monoisotopic (exact) mass is 329 g/mol. The van der Waals surface area contributed by atoms with Crippen LogP contribution in [-0.2, 0) is 4.79 Å². The summed E-state index contributed by atoms with van der Waals surface area (Å²) in [5.74, 6) is 3.85. The molecule has 4 rings (SSSR count). The Labute approximate surface area is 147 Å². The highest BCUT2D eigenvalue weighted by Gasteiger charge is 2.59. The molecule has 0 radical (unpaired) electrons. The highest BCUT2D eigenvalue weighted by atomic mass is 16.1. The molecule has 4 aliphatic rings. The van der Waals surface area contributed by atoms with Crippen molar-refractivity contribution in [2.75, 3.05) is 7.05 Å². The molecular formula is C22H35NO. The molecule has 0 aliphatic heterocycles. The Morgan fingerprint density at radius 2 is 1.88 bits per heavy atom. The molecule has 24 heavy (non-hydrogen) atoms. The van der Waals surface area contributed by atoms with Crippen LogP contribution < -0.4 is 5.32 Å². The summed E-state index contributed by atoms with van der Waals surface area (Å²) in [5.41, 5.74) is 2.36. The lowest BCUT2D eigenvalue weighted by atomic mass is 9.46. The highest BCUT2D eigenvalue weighted by molar-refractivity contribution is 5.91. The number of allylic oxidation sites excluding steroid dienone is 1. The molecule has 7 atom stereocenters. The van der Waals surface area contributed by atoms with Crippen molar-refractivity contribution >= 4 is 5.78 Å². The van der Waals surface area contributed by atoms with Crippen LogP contribution >= 0.6 is 0 Å². The standard InChI is InChI=1S/C22H35NO/c1-14(23-4)18-7-8-19-17-6-5-15-13-16(24)9-11-21(15,2)20(17)10-12-22(18,19)3/h13-14,17-20,23H,5-12H2,1-4H3/t14?,17-,18+,19-,20-,21-,22+/m0/s1. The average molecular weight is 330 g/mol. The van der Waals surface area contributed by atoms with Crippen LogP contribution in [0.3, 0.4) is 0 Å². The zero-order chi connectivity index (χ0) is 17.1. The number of hydrogen-bond acceptors (Lipinski definition) is 2. The van der Waals surface area contributed by atoms with Gasteiger partial charge in [0.1, 0.15) is 0 Å².